The molecule has 0 spiro atoms. The zero-order valence-electron chi connectivity index (χ0n) is 17.4. The second kappa shape index (κ2) is 8.07. The van der Waals surface area contributed by atoms with Crippen LogP contribution in [-0.2, 0) is 0 Å². The molecule has 1 N–H and O–H groups in total. The van der Waals surface area contributed by atoms with Gasteiger partial charge in [0.1, 0.15) is 23.4 Å². The molecule has 0 aliphatic carbocycles. The van der Waals surface area contributed by atoms with Crippen molar-refractivity contribution in [1.29, 1.82) is 0 Å². The third-order valence-electron chi connectivity index (χ3n) is 5.18. The summed E-state index contributed by atoms with van der Waals surface area (Å²) in [7, 11) is 5.38. The predicted molar refractivity (Wildman–Crippen MR) is 120 cm³/mol. The van der Waals surface area contributed by atoms with Crippen molar-refractivity contribution in [2.24, 2.45) is 0 Å². The fourth-order valence-corrected chi connectivity index (χ4v) is 3.67. The molecule has 1 aromatic heterocycles. The Morgan fingerprint density at radius 1 is 1.03 bits per heavy atom. The zero-order chi connectivity index (χ0) is 22.1. The molecule has 1 heterocycles. The first-order valence-electron chi connectivity index (χ1n) is 9.74. The highest BCUT2D eigenvalue weighted by atomic mass is 19.1. The third kappa shape index (κ3) is 3.68. The number of furan rings is 1. The SMILES string of the molecule is CNC(=O)c1c(-c2ccc(F)cc2)oc2cc(N(C)C)c(-c3cccc(C=O)c3)cc12. The molecule has 0 aliphatic heterocycles. The summed E-state index contributed by atoms with van der Waals surface area (Å²) < 4.78 is 19.5. The van der Waals surface area contributed by atoms with Crippen molar-refractivity contribution < 1.29 is 18.4 Å². The Morgan fingerprint density at radius 2 is 1.77 bits per heavy atom. The molecule has 6 heteroatoms. The molecule has 0 bridgehead atoms. The van der Waals surface area contributed by atoms with E-state index in [0.29, 0.717) is 33.4 Å². The van der Waals surface area contributed by atoms with Crippen LogP contribution in [0.25, 0.3) is 33.4 Å². The van der Waals surface area contributed by atoms with E-state index in [1.807, 2.05) is 49.3 Å². The molecule has 0 saturated heterocycles. The average Bonchev–Trinajstić information content (AvgIpc) is 3.16. The monoisotopic (exact) mass is 416 g/mol. The van der Waals surface area contributed by atoms with Crippen molar-refractivity contribution in [2.75, 3.05) is 26.0 Å². The number of fused-ring (bicyclic) bond motifs is 1. The maximum Gasteiger partial charge on any atom is 0.255 e. The smallest absolute Gasteiger partial charge is 0.255 e. The van der Waals surface area contributed by atoms with Gasteiger partial charge in [-0.15, -0.1) is 0 Å². The highest BCUT2D eigenvalue weighted by Gasteiger charge is 2.24. The van der Waals surface area contributed by atoms with E-state index in [0.717, 1.165) is 23.1 Å². The number of carbonyl (C=O) groups is 2. The van der Waals surface area contributed by atoms with E-state index in [2.05, 4.69) is 5.32 Å². The first kappa shape index (κ1) is 20.3. The number of halogens is 1. The molecule has 3 aromatic carbocycles. The van der Waals surface area contributed by atoms with Crippen LogP contribution in [0.5, 0.6) is 0 Å². The summed E-state index contributed by atoms with van der Waals surface area (Å²) in [5.74, 6) is -0.297. The minimum atomic E-state index is -0.367. The second-order valence-corrected chi connectivity index (χ2v) is 7.40. The fraction of sp³-hybridized carbons (Fsp3) is 0.120. The largest absolute Gasteiger partial charge is 0.455 e. The summed E-state index contributed by atoms with van der Waals surface area (Å²) in [6.45, 7) is 0. The molecule has 156 valence electrons. The van der Waals surface area contributed by atoms with Crippen LogP contribution in [-0.4, -0.2) is 33.3 Å². The average molecular weight is 416 g/mol. The molecule has 0 unspecified atom stereocenters. The van der Waals surface area contributed by atoms with Crippen molar-refractivity contribution >= 4 is 28.8 Å². The Morgan fingerprint density at radius 3 is 2.42 bits per heavy atom. The van der Waals surface area contributed by atoms with E-state index in [-0.39, 0.29) is 11.7 Å². The summed E-state index contributed by atoms with van der Waals surface area (Å²) in [5, 5.41) is 3.30. The lowest BCUT2D eigenvalue weighted by Gasteiger charge is -2.18. The number of aldehydes is 1. The van der Waals surface area contributed by atoms with Crippen LogP contribution in [0.15, 0.2) is 65.1 Å². The lowest BCUT2D eigenvalue weighted by Crippen LogP contribution is -2.18. The quantitative estimate of drug-likeness (QED) is 0.458. The number of nitrogens with zero attached hydrogens (tertiary/aromatic N) is 1. The number of amides is 1. The predicted octanol–water partition coefficient (Wildman–Crippen LogP) is 5.14. The first-order valence-corrected chi connectivity index (χ1v) is 9.74. The van der Waals surface area contributed by atoms with Gasteiger partial charge in [-0.3, -0.25) is 9.59 Å². The lowest BCUT2D eigenvalue weighted by atomic mass is 9.97. The Bertz CT molecular complexity index is 1290. The number of anilines is 1. The van der Waals surface area contributed by atoms with E-state index in [1.54, 1.807) is 25.2 Å². The van der Waals surface area contributed by atoms with Gasteiger partial charge >= 0.3 is 0 Å². The topological polar surface area (TPSA) is 62.6 Å². The highest BCUT2D eigenvalue weighted by Crippen LogP contribution is 2.40. The Balaban J connectivity index is 2.04. The molecule has 31 heavy (non-hydrogen) atoms. The number of rotatable bonds is 5. The molecule has 4 rings (SSSR count). The van der Waals surface area contributed by atoms with Crippen LogP contribution in [0, 0.1) is 5.82 Å². The van der Waals surface area contributed by atoms with Crippen molar-refractivity contribution in [1.82, 2.24) is 5.32 Å². The molecular weight excluding hydrogens is 395 g/mol. The molecule has 0 saturated carbocycles. The van der Waals surface area contributed by atoms with Gasteiger partial charge in [0.15, 0.2) is 0 Å². The second-order valence-electron chi connectivity index (χ2n) is 7.40. The number of hydrogen-bond donors (Lipinski definition) is 1. The normalized spacial score (nSPS) is 10.8. The minimum Gasteiger partial charge on any atom is -0.455 e. The molecular formula is C25H21FN2O3. The van der Waals surface area contributed by atoms with Crippen LogP contribution in [0.3, 0.4) is 0 Å². The van der Waals surface area contributed by atoms with Gasteiger partial charge in [0.25, 0.3) is 5.91 Å². The molecule has 4 aromatic rings. The van der Waals surface area contributed by atoms with Crippen molar-refractivity contribution in [2.45, 2.75) is 0 Å². The van der Waals surface area contributed by atoms with Crippen molar-refractivity contribution in [3.63, 3.8) is 0 Å². The van der Waals surface area contributed by atoms with Gasteiger partial charge in [0, 0.05) is 55.0 Å². The highest BCUT2D eigenvalue weighted by molar-refractivity contribution is 6.12. The molecule has 0 aliphatic rings. The summed E-state index contributed by atoms with van der Waals surface area (Å²) in [6, 6.07) is 16.9. The maximum atomic E-state index is 13.4. The first-order chi connectivity index (χ1) is 14.9. The van der Waals surface area contributed by atoms with Gasteiger partial charge in [0.05, 0.1) is 5.56 Å². The molecule has 0 fully saturated rings. The summed E-state index contributed by atoms with van der Waals surface area (Å²) in [6.07, 6.45) is 0.803. The van der Waals surface area contributed by atoms with E-state index in [1.165, 1.54) is 12.1 Å². The van der Waals surface area contributed by atoms with Gasteiger partial charge in [0.2, 0.25) is 0 Å². The summed E-state index contributed by atoms with van der Waals surface area (Å²) in [5.41, 5.74) is 4.66. The van der Waals surface area contributed by atoms with Gasteiger partial charge in [-0.2, -0.15) is 0 Å². The number of carbonyl (C=O) groups excluding carboxylic acids is 2. The molecule has 5 nitrogen and oxygen atoms in total. The molecule has 0 atom stereocenters. The Hall–Kier alpha value is -3.93. The standard InChI is InChI=1S/C25H21FN2O3/c1-27-25(30)23-20-12-19(17-6-4-5-15(11-17)14-29)21(28(2)3)13-22(20)31-24(23)16-7-9-18(26)10-8-16/h4-14H,1-3H3,(H,27,30). The van der Waals surface area contributed by atoms with E-state index < -0.39 is 0 Å². The summed E-state index contributed by atoms with van der Waals surface area (Å²) >= 11 is 0. The van der Waals surface area contributed by atoms with E-state index in [9.17, 15) is 14.0 Å². The summed E-state index contributed by atoms with van der Waals surface area (Å²) in [4.78, 5) is 26.0. The van der Waals surface area contributed by atoms with Crippen LogP contribution in [0.4, 0.5) is 10.1 Å². The number of benzene rings is 3. The van der Waals surface area contributed by atoms with Crippen LogP contribution < -0.4 is 10.2 Å². The van der Waals surface area contributed by atoms with Gasteiger partial charge in [-0.25, -0.2) is 4.39 Å². The minimum absolute atomic E-state index is 0.303. The fourth-order valence-electron chi connectivity index (χ4n) is 3.67. The maximum absolute atomic E-state index is 13.4. The van der Waals surface area contributed by atoms with Gasteiger partial charge < -0.3 is 14.6 Å². The lowest BCUT2D eigenvalue weighted by molar-refractivity contribution is 0.0964. The van der Waals surface area contributed by atoms with Crippen molar-refractivity contribution in [3.8, 4) is 22.5 Å². The Kier molecular flexibility index (Phi) is 5.29. The molecule has 1 amide bonds. The zero-order valence-corrected chi connectivity index (χ0v) is 17.4. The van der Waals surface area contributed by atoms with Gasteiger partial charge in [-0.1, -0.05) is 18.2 Å². The molecule has 0 radical (unpaired) electrons. The Labute approximate surface area is 179 Å². The third-order valence-corrected chi connectivity index (χ3v) is 5.18. The number of hydrogen-bond acceptors (Lipinski definition) is 4. The number of nitrogens with one attached hydrogen (secondary N) is 1. The van der Waals surface area contributed by atoms with Gasteiger partial charge in [-0.05, 0) is 42.0 Å². The van der Waals surface area contributed by atoms with Crippen LogP contribution >= 0.6 is 0 Å². The van der Waals surface area contributed by atoms with Crippen LogP contribution in [0.1, 0.15) is 20.7 Å². The van der Waals surface area contributed by atoms with E-state index >= 15 is 0 Å². The van der Waals surface area contributed by atoms with Crippen molar-refractivity contribution in [3.05, 3.63) is 77.6 Å². The van der Waals surface area contributed by atoms with Crippen LogP contribution in [0.2, 0.25) is 0 Å². The van der Waals surface area contributed by atoms with E-state index in [4.69, 9.17) is 4.42 Å².